The Morgan fingerprint density at radius 1 is 1.50 bits per heavy atom. The zero-order valence-corrected chi connectivity index (χ0v) is 10.3. The van der Waals surface area contributed by atoms with Crippen molar-refractivity contribution < 1.29 is 14.3 Å². The van der Waals surface area contributed by atoms with E-state index in [1.165, 1.54) is 0 Å². The fraction of sp³-hybridized carbons (Fsp3) is 0.385. The second-order valence-electron chi connectivity index (χ2n) is 4.35. The quantitative estimate of drug-likeness (QED) is 0.779. The number of rotatable bonds is 5. The van der Waals surface area contributed by atoms with Gasteiger partial charge < -0.3 is 14.8 Å². The van der Waals surface area contributed by atoms with E-state index in [2.05, 4.69) is 5.32 Å². The number of hydrogen-bond donors (Lipinski definition) is 1. The number of nitrogens with zero attached hydrogens (tertiary/aromatic N) is 1. The molecule has 2 rings (SSSR count). The van der Waals surface area contributed by atoms with Crippen LogP contribution in [0.2, 0.25) is 0 Å². The summed E-state index contributed by atoms with van der Waals surface area (Å²) >= 11 is 0. The van der Waals surface area contributed by atoms with E-state index in [1.54, 1.807) is 0 Å². The molecular formula is C13H16N2O3. The van der Waals surface area contributed by atoms with E-state index in [-0.39, 0.29) is 12.5 Å². The second-order valence-corrected chi connectivity index (χ2v) is 4.35. The monoisotopic (exact) mass is 248 g/mol. The topological polar surface area (TPSA) is 58.6 Å². The van der Waals surface area contributed by atoms with Crippen molar-refractivity contribution in [3.63, 3.8) is 0 Å². The lowest BCUT2D eigenvalue weighted by molar-refractivity contribution is -0.118. The van der Waals surface area contributed by atoms with E-state index >= 15 is 0 Å². The molecule has 18 heavy (non-hydrogen) atoms. The second kappa shape index (κ2) is 5.64. The first-order chi connectivity index (χ1) is 8.69. The molecule has 0 saturated carbocycles. The zero-order chi connectivity index (χ0) is 13.0. The van der Waals surface area contributed by atoms with Crippen molar-refractivity contribution in [1.29, 1.82) is 0 Å². The van der Waals surface area contributed by atoms with Gasteiger partial charge in [0, 0.05) is 6.54 Å². The van der Waals surface area contributed by atoms with E-state index in [0.29, 0.717) is 12.3 Å². The molecule has 0 atom stereocenters. The minimum Gasteiger partial charge on any atom is -0.482 e. The summed E-state index contributed by atoms with van der Waals surface area (Å²) in [7, 11) is 1.90. The van der Waals surface area contributed by atoms with Gasteiger partial charge in [0.25, 0.3) is 5.91 Å². The number of ether oxygens (including phenoxy) is 1. The van der Waals surface area contributed by atoms with Crippen molar-refractivity contribution in [2.75, 3.05) is 32.1 Å². The van der Waals surface area contributed by atoms with Crippen LogP contribution in [0.3, 0.4) is 0 Å². The van der Waals surface area contributed by atoms with E-state index in [9.17, 15) is 9.59 Å². The third kappa shape index (κ3) is 3.07. The summed E-state index contributed by atoms with van der Waals surface area (Å²) in [6.45, 7) is 1.31. The molecule has 0 bridgehead atoms. The summed E-state index contributed by atoms with van der Waals surface area (Å²) < 4.78 is 5.29. The van der Waals surface area contributed by atoms with Crippen LogP contribution >= 0.6 is 0 Å². The predicted octanol–water partition coefficient (Wildman–Crippen LogP) is 0.691. The molecule has 1 aromatic carbocycles. The normalized spacial score (nSPS) is 13.8. The number of anilines is 1. The largest absolute Gasteiger partial charge is 0.482 e. The minimum absolute atomic E-state index is 0.0778. The number of fused-ring (bicyclic) bond motifs is 1. The third-order valence-electron chi connectivity index (χ3n) is 2.85. The van der Waals surface area contributed by atoms with Gasteiger partial charge in [0.05, 0.1) is 12.2 Å². The molecule has 0 fully saturated rings. The first kappa shape index (κ1) is 12.6. The van der Waals surface area contributed by atoms with Crippen LogP contribution in [0.15, 0.2) is 18.2 Å². The van der Waals surface area contributed by atoms with E-state index in [4.69, 9.17) is 4.74 Å². The fourth-order valence-corrected chi connectivity index (χ4v) is 1.82. The average Bonchev–Trinajstić information content (AvgIpc) is 2.36. The molecule has 1 aliphatic heterocycles. The highest BCUT2D eigenvalue weighted by Gasteiger charge is 2.15. The highest BCUT2D eigenvalue weighted by Crippen LogP contribution is 2.28. The number of likely N-dealkylation sites (N-methyl/N-ethyl adjacent to an activating group) is 1. The number of benzene rings is 1. The first-order valence-electron chi connectivity index (χ1n) is 5.87. The molecule has 1 aromatic rings. The Hall–Kier alpha value is -1.88. The minimum atomic E-state index is -0.127. The maximum absolute atomic E-state index is 11.2. The molecular weight excluding hydrogens is 232 g/mol. The molecule has 1 aliphatic rings. The van der Waals surface area contributed by atoms with Crippen molar-refractivity contribution >= 4 is 17.9 Å². The third-order valence-corrected chi connectivity index (χ3v) is 2.85. The van der Waals surface area contributed by atoms with Gasteiger partial charge in [0.1, 0.15) is 12.0 Å². The fourth-order valence-electron chi connectivity index (χ4n) is 1.82. The number of aldehydes is 1. The number of carbonyl (C=O) groups is 2. The van der Waals surface area contributed by atoms with Crippen LogP contribution in [0.4, 0.5) is 5.69 Å². The van der Waals surface area contributed by atoms with Gasteiger partial charge in [0.15, 0.2) is 6.61 Å². The molecule has 96 valence electrons. The molecule has 1 amide bonds. The summed E-state index contributed by atoms with van der Waals surface area (Å²) in [5, 5.41) is 2.78. The molecule has 0 spiro atoms. The maximum atomic E-state index is 11.2. The van der Waals surface area contributed by atoms with Gasteiger partial charge in [-0.25, -0.2) is 0 Å². The smallest absolute Gasteiger partial charge is 0.262 e. The van der Waals surface area contributed by atoms with Crippen LogP contribution in [0, 0.1) is 0 Å². The van der Waals surface area contributed by atoms with Crippen LogP contribution in [-0.2, 0) is 16.0 Å². The van der Waals surface area contributed by atoms with Crippen LogP contribution < -0.4 is 10.1 Å². The van der Waals surface area contributed by atoms with Crippen molar-refractivity contribution in [3.05, 3.63) is 23.8 Å². The van der Waals surface area contributed by atoms with Gasteiger partial charge in [-0.1, -0.05) is 6.07 Å². The molecule has 0 aliphatic carbocycles. The Labute approximate surface area is 106 Å². The van der Waals surface area contributed by atoms with Gasteiger partial charge in [-0.3, -0.25) is 9.69 Å². The molecule has 0 radical (unpaired) electrons. The molecule has 1 heterocycles. The van der Waals surface area contributed by atoms with Crippen molar-refractivity contribution in [1.82, 2.24) is 4.90 Å². The van der Waals surface area contributed by atoms with Gasteiger partial charge in [-0.2, -0.15) is 0 Å². The molecule has 0 saturated heterocycles. The Morgan fingerprint density at radius 2 is 2.33 bits per heavy atom. The summed E-state index contributed by atoms with van der Waals surface area (Å²) in [6, 6.07) is 5.76. The molecule has 1 N–H and O–H groups in total. The number of amides is 1. The van der Waals surface area contributed by atoms with Crippen molar-refractivity contribution in [3.8, 4) is 5.75 Å². The highest BCUT2D eigenvalue weighted by molar-refractivity contribution is 5.95. The van der Waals surface area contributed by atoms with E-state index in [1.807, 2.05) is 30.1 Å². The lowest BCUT2D eigenvalue weighted by atomic mass is 10.1. The Kier molecular flexibility index (Phi) is 3.94. The Balaban J connectivity index is 2.00. The standard InChI is InChI=1S/C13H16N2O3/c1-15(6-7-16)5-4-10-2-3-12-11(8-10)14-13(17)9-18-12/h2-3,7-8H,4-6,9H2,1H3,(H,14,17). The number of carbonyl (C=O) groups excluding carboxylic acids is 2. The average molecular weight is 248 g/mol. The molecule has 0 aromatic heterocycles. The lowest BCUT2D eigenvalue weighted by Gasteiger charge is -2.19. The van der Waals surface area contributed by atoms with Crippen LogP contribution in [-0.4, -0.2) is 43.8 Å². The highest BCUT2D eigenvalue weighted by atomic mass is 16.5. The lowest BCUT2D eigenvalue weighted by Crippen LogP contribution is -2.26. The van der Waals surface area contributed by atoms with Gasteiger partial charge in [0.2, 0.25) is 0 Å². The summed E-state index contributed by atoms with van der Waals surface area (Å²) in [5.41, 5.74) is 1.83. The number of nitrogens with one attached hydrogen (secondary N) is 1. The number of hydrogen-bond acceptors (Lipinski definition) is 4. The first-order valence-corrected chi connectivity index (χ1v) is 5.87. The zero-order valence-electron chi connectivity index (χ0n) is 10.3. The maximum Gasteiger partial charge on any atom is 0.262 e. The summed E-state index contributed by atoms with van der Waals surface area (Å²) in [4.78, 5) is 23.5. The van der Waals surface area contributed by atoms with Gasteiger partial charge in [-0.05, 0) is 31.2 Å². The predicted molar refractivity (Wildman–Crippen MR) is 67.8 cm³/mol. The van der Waals surface area contributed by atoms with Gasteiger partial charge in [-0.15, -0.1) is 0 Å². The SMILES string of the molecule is CN(CC=O)CCc1ccc2c(c1)NC(=O)CO2. The van der Waals surface area contributed by atoms with Crippen LogP contribution in [0.1, 0.15) is 5.56 Å². The molecule has 5 nitrogen and oxygen atoms in total. The van der Waals surface area contributed by atoms with Crippen LogP contribution in [0.25, 0.3) is 0 Å². The van der Waals surface area contributed by atoms with Gasteiger partial charge >= 0.3 is 0 Å². The van der Waals surface area contributed by atoms with E-state index < -0.39 is 0 Å². The van der Waals surface area contributed by atoms with Crippen molar-refractivity contribution in [2.24, 2.45) is 0 Å². The molecule has 0 unspecified atom stereocenters. The molecule has 5 heteroatoms. The Morgan fingerprint density at radius 3 is 3.11 bits per heavy atom. The van der Waals surface area contributed by atoms with Crippen molar-refractivity contribution in [2.45, 2.75) is 6.42 Å². The summed E-state index contributed by atoms with van der Waals surface area (Å²) in [6.07, 6.45) is 1.72. The summed E-state index contributed by atoms with van der Waals surface area (Å²) in [5.74, 6) is 0.581. The van der Waals surface area contributed by atoms with E-state index in [0.717, 1.165) is 30.5 Å². The Bertz CT molecular complexity index is 460. The van der Waals surface area contributed by atoms with Crippen LogP contribution in [0.5, 0.6) is 5.75 Å².